The maximum absolute atomic E-state index is 11.7. The number of carbonyl (C=O) groups excluding carboxylic acids is 1. The zero-order valence-electron chi connectivity index (χ0n) is 12.5. The smallest absolute Gasteiger partial charge is 0.246 e. The van der Waals surface area contributed by atoms with Crippen LogP contribution in [0.4, 0.5) is 0 Å². The van der Waals surface area contributed by atoms with Crippen molar-refractivity contribution in [3.63, 3.8) is 0 Å². The Bertz CT molecular complexity index is 431. The fourth-order valence-electron chi connectivity index (χ4n) is 2.72. The largest absolute Gasteiger partial charge is 0.368 e. The van der Waals surface area contributed by atoms with Crippen molar-refractivity contribution in [1.29, 1.82) is 0 Å². The second-order valence-corrected chi connectivity index (χ2v) is 5.83. The quantitative estimate of drug-likeness (QED) is 0.862. The Morgan fingerprint density at radius 2 is 2.40 bits per heavy atom. The van der Waals surface area contributed by atoms with E-state index in [9.17, 15) is 4.79 Å². The fraction of sp³-hybridized carbons (Fsp3) is 0.733. The molecule has 0 spiro atoms. The monoisotopic (exact) mass is 279 g/mol. The van der Waals surface area contributed by atoms with E-state index in [1.165, 1.54) is 12.8 Å². The topological polar surface area (TPSA) is 56.1 Å². The van der Waals surface area contributed by atoms with Gasteiger partial charge in [0.2, 0.25) is 5.91 Å². The van der Waals surface area contributed by atoms with Gasteiger partial charge in [-0.05, 0) is 30.7 Å². The summed E-state index contributed by atoms with van der Waals surface area (Å²) in [4.78, 5) is 11.7. The molecule has 1 fully saturated rings. The maximum Gasteiger partial charge on any atom is 0.246 e. The highest BCUT2D eigenvalue weighted by Crippen LogP contribution is 2.25. The molecule has 0 aliphatic heterocycles. The molecule has 0 aromatic carbocycles. The Hall–Kier alpha value is -1.36. The molecule has 20 heavy (non-hydrogen) atoms. The first-order chi connectivity index (χ1) is 9.63. The van der Waals surface area contributed by atoms with Gasteiger partial charge in [0.05, 0.1) is 12.3 Å². The molecule has 0 saturated heterocycles. The highest BCUT2D eigenvalue weighted by atomic mass is 16.5. The van der Waals surface area contributed by atoms with Crippen LogP contribution in [0.3, 0.4) is 0 Å². The molecule has 1 heterocycles. The summed E-state index contributed by atoms with van der Waals surface area (Å²) in [6, 6.07) is 0. The van der Waals surface area contributed by atoms with Crippen LogP contribution in [0.5, 0.6) is 0 Å². The Kier molecular flexibility index (Phi) is 5.59. The zero-order valence-corrected chi connectivity index (χ0v) is 12.5. The molecule has 1 aliphatic carbocycles. The van der Waals surface area contributed by atoms with Crippen LogP contribution in [0.15, 0.2) is 12.4 Å². The van der Waals surface area contributed by atoms with Gasteiger partial charge in [0, 0.05) is 19.8 Å². The van der Waals surface area contributed by atoms with E-state index >= 15 is 0 Å². The Morgan fingerprint density at radius 3 is 3.10 bits per heavy atom. The molecule has 1 aliphatic rings. The highest BCUT2D eigenvalue weighted by Gasteiger charge is 2.19. The van der Waals surface area contributed by atoms with Crippen molar-refractivity contribution in [2.45, 2.75) is 45.1 Å². The van der Waals surface area contributed by atoms with Crippen LogP contribution in [0.1, 0.15) is 38.2 Å². The van der Waals surface area contributed by atoms with Crippen LogP contribution in [0.25, 0.3) is 0 Å². The first-order valence-electron chi connectivity index (χ1n) is 7.49. The molecule has 0 bridgehead atoms. The summed E-state index contributed by atoms with van der Waals surface area (Å²) < 4.78 is 7.46. The predicted molar refractivity (Wildman–Crippen MR) is 77.3 cm³/mol. The molecule has 1 aromatic rings. The van der Waals surface area contributed by atoms with E-state index in [0.717, 1.165) is 30.7 Å². The number of nitrogens with zero attached hydrogens (tertiary/aromatic N) is 2. The third-order valence-corrected chi connectivity index (χ3v) is 3.83. The van der Waals surface area contributed by atoms with Gasteiger partial charge in [0.25, 0.3) is 0 Å². The number of amides is 1. The summed E-state index contributed by atoms with van der Waals surface area (Å²) in [6.07, 6.45) is 9.54. The number of rotatable bonds is 6. The second kappa shape index (κ2) is 7.43. The van der Waals surface area contributed by atoms with Crippen molar-refractivity contribution in [3.05, 3.63) is 18.0 Å². The van der Waals surface area contributed by atoms with Crippen LogP contribution in [0, 0.1) is 5.92 Å². The van der Waals surface area contributed by atoms with Gasteiger partial charge in [-0.1, -0.05) is 19.8 Å². The van der Waals surface area contributed by atoms with E-state index in [2.05, 4.69) is 17.3 Å². The van der Waals surface area contributed by atoms with Crippen molar-refractivity contribution in [2.24, 2.45) is 13.0 Å². The Balaban J connectivity index is 1.58. The van der Waals surface area contributed by atoms with E-state index in [1.807, 2.05) is 19.4 Å². The minimum atomic E-state index is -0.0212. The van der Waals surface area contributed by atoms with E-state index in [-0.39, 0.29) is 18.6 Å². The number of ether oxygens (including phenoxy) is 1. The lowest BCUT2D eigenvalue weighted by Crippen LogP contribution is -2.32. The number of carbonyl (C=O) groups is 1. The average molecular weight is 279 g/mol. The lowest BCUT2D eigenvalue weighted by atomic mass is 9.89. The third-order valence-electron chi connectivity index (χ3n) is 3.83. The molecule has 2 atom stereocenters. The van der Waals surface area contributed by atoms with E-state index in [0.29, 0.717) is 6.54 Å². The lowest BCUT2D eigenvalue weighted by Gasteiger charge is -2.26. The summed E-state index contributed by atoms with van der Waals surface area (Å²) in [5.74, 6) is 0.703. The minimum absolute atomic E-state index is 0.0212. The van der Waals surface area contributed by atoms with E-state index in [1.54, 1.807) is 4.68 Å². The molecule has 1 aromatic heterocycles. The number of hydrogen-bond donors (Lipinski definition) is 1. The first-order valence-corrected chi connectivity index (χ1v) is 7.49. The summed E-state index contributed by atoms with van der Waals surface area (Å²) in [6.45, 7) is 3.07. The summed E-state index contributed by atoms with van der Waals surface area (Å²) in [5, 5.41) is 6.99. The van der Waals surface area contributed by atoms with Gasteiger partial charge in [0.15, 0.2) is 0 Å². The average Bonchev–Trinajstić information content (AvgIpc) is 2.82. The third kappa shape index (κ3) is 4.96. The molecule has 5 heteroatoms. The molecule has 112 valence electrons. The SMILES string of the molecule is C[C@H]1CCC[C@H](OCC(=O)NCCc2cnn(C)c2)C1. The van der Waals surface area contributed by atoms with Crippen molar-refractivity contribution in [3.8, 4) is 0 Å². The van der Waals surface area contributed by atoms with Crippen LogP contribution >= 0.6 is 0 Å². The van der Waals surface area contributed by atoms with Crippen molar-refractivity contribution in [1.82, 2.24) is 15.1 Å². The summed E-state index contributed by atoms with van der Waals surface area (Å²) >= 11 is 0. The van der Waals surface area contributed by atoms with Crippen molar-refractivity contribution < 1.29 is 9.53 Å². The van der Waals surface area contributed by atoms with Crippen LogP contribution in [-0.2, 0) is 23.0 Å². The molecule has 2 rings (SSSR count). The summed E-state index contributed by atoms with van der Waals surface area (Å²) in [5.41, 5.74) is 1.13. The first kappa shape index (κ1) is 15.0. The van der Waals surface area contributed by atoms with Gasteiger partial charge in [-0.15, -0.1) is 0 Å². The summed E-state index contributed by atoms with van der Waals surface area (Å²) in [7, 11) is 1.89. The zero-order chi connectivity index (χ0) is 14.4. The van der Waals surface area contributed by atoms with Gasteiger partial charge < -0.3 is 10.1 Å². The molecule has 0 radical (unpaired) electrons. The number of aromatic nitrogens is 2. The van der Waals surface area contributed by atoms with E-state index in [4.69, 9.17) is 4.74 Å². The predicted octanol–water partition coefficient (Wildman–Crippen LogP) is 1.67. The van der Waals surface area contributed by atoms with Gasteiger partial charge in [-0.25, -0.2) is 0 Å². The normalized spacial score (nSPS) is 22.7. The van der Waals surface area contributed by atoms with Crippen LogP contribution in [0.2, 0.25) is 0 Å². The molecule has 5 nitrogen and oxygen atoms in total. The number of aryl methyl sites for hydroxylation is 1. The molecule has 1 N–H and O–H groups in total. The fourth-order valence-corrected chi connectivity index (χ4v) is 2.72. The second-order valence-electron chi connectivity index (χ2n) is 5.83. The Morgan fingerprint density at radius 1 is 1.55 bits per heavy atom. The van der Waals surface area contributed by atoms with E-state index < -0.39 is 0 Å². The Labute approximate surface area is 120 Å². The van der Waals surface area contributed by atoms with Gasteiger partial charge in [-0.3, -0.25) is 9.48 Å². The minimum Gasteiger partial charge on any atom is -0.368 e. The van der Waals surface area contributed by atoms with Crippen LogP contribution in [-0.4, -0.2) is 34.9 Å². The highest BCUT2D eigenvalue weighted by molar-refractivity contribution is 5.77. The molecule has 1 saturated carbocycles. The van der Waals surface area contributed by atoms with Gasteiger partial charge in [-0.2, -0.15) is 5.10 Å². The van der Waals surface area contributed by atoms with Gasteiger partial charge in [0.1, 0.15) is 6.61 Å². The molecular formula is C15H25N3O2. The molecular weight excluding hydrogens is 254 g/mol. The van der Waals surface area contributed by atoms with Crippen molar-refractivity contribution in [2.75, 3.05) is 13.2 Å². The maximum atomic E-state index is 11.7. The standard InChI is InChI=1S/C15H25N3O2/c1-12-4-3-5-14(8-12)20-11-15(19)16-7-6-13-9-17-18(2)10-13/h9-10,12,14H,3-8,11H2,1-2H3,(H,16,19)/t12-,14-/m0/s1. The molecule has 0 unspecified atom stereocenters. The van der Waals surface area contributed by atoms with Gasteiger partial charge >= 0.3 is 0 Å². The van der Waals surface area contributed by atoms with Crippen molar-refractivity contribution >= 4 is 5.91 Å². The lowest BCUT2D eigenvalue weighted by molar-refractivity contribution is -0.128. The number of hydrogen-bond acceptors (Lipinski definition) is 3. The van der Waals surface area contributed by atoms with Crippen LogP contribution < -0.4 is 5.32 Å². The number of nitrogens with one attached hydrogen (secondary N) is 1. The molecule has 1 amide bonds.